The third-order valence-electron chi connectivity index (χ3n) is 2.96. The summed E-state index contributed by atoms with van der Waals surface area (Å²) < 4.78 is 0. The largest absolute Gasteiger partial charge is 0.409 e. The van der Waals surface area contributed by atoms with Gasteiger partial charge in [0.25, 0.3) is 0 Å². The Kier molecular flexibility index (Phi) is 6.21. The molecule has 98 valence electrons. The van der Waals surface area contributed by atoms with Gasteiger partial charge in [0.05, 0.1) is 0 Å². The van der Waals surface area contributed by atoms with Crippen molar-refractivity contribution in [2.24, 2.45) is 10.9 Å². The molecular weight excluding hydrogens is 220 g/mol. The molecule has 0 radical (unpaired) electrons. The van der Waals surface area contributed by atoms with Crippen molar-refractivity contribution in [3.63, 3.8) is 0 Å². The first-order valence-electron chi connectivity index (χ1n) is 6.23. The Hall–Kier alpha value is -1.46. The lowest BCUT2D eigenvalue weighted by Crippen LogP contribution is -2.41. The maximum Gasteiger partial charge on any atom is 0.315 e. The lowest BCUT2D eigenvalue weighted by molar-refractivity contribution is 0.237. The van der Waals surface area contributed by atoms with Crippen LogP contribution in [0.4, 0.5) is 4.79 Å². The Labute approximate surface area is 102 Å². The maximum absolute atomic E-state index is 11.4. The number of oxime groups is 1. The van der Waals surface area contributed by atoms with E-state index >= 15 is 0 Å². The normalized spacial score (nSPS) is 17.1. The van der Waals surface area contributed by atoms with Crippen LogP contribution in [0.15, 0.2) is 5.16 Å². The molecule has 1 aliphatic rings. The fourth-order valence-corrected chi connectivity index (χ4v) is 1.99. The lowest BCUT2D eigenvalue weighted by Gasteiger charge is -2.12. The minimum Gasteiger partial charge on any atom is -0.409 e. The molecule has 6 nitrogen and oxygen atoms in total. The molecule has 1 saturated carbocycles. The van der Waals surface area contributed by atoms with E-state index in [4.69, 9.17) is 10.9 Å². The maximum atomic E-state index is 11.4. The second-order valence-corrected chi connectivity index (χ2v) is 4.43. The molecule has 0 heterocycles. The number of amidine groups is 1. The predicted octanol–water partition coefficient (Wildman–Crippen LogP) is 1.14. The summed E-state index contributed by atoms with van der Waals surface area (Å²) in [6.45, 7) is 0.622. The van der Waals surface area contributed by atoms with E-state index < -0.39 is 0 Å². The van der Waals surface area contributed by atoms with Gasteiger partial charge in [-0.15, -0.1) is 0 Å². The van der Waals surface area contributed by atoms with Crippen molar-refractivity contribution in [3.05, 3.63) is 0 Å². The van der Waals surface area contributed by atoms with Gasteiger partial charge in [0.2, 0.25) is 0 Å². The van der Waals surface area contributed by atoms with Crippen LogP contribution in [0.25, 0.3) is 0 Å². The Morgan fingerprint density at radius 3 is 2.71 bits per heavy atom. The number of carbonyl (C=O) groups is 1. The van der Waals surface area contributed by atoms with E-state index in [0.717, 1.165) is 25.7 Å². The van der Waals surface area contributed by atoms with Gasteiger partial charge in [-0.25, -0.2) is 4.79 Å². The smallest absolute Gasteiger partial charge is 0.315 e. The molecule has 0 saturated heterocycles. The van der Waals surface area contributed by atoms with Gasteiger partial charge in [-0.05, 0) is 25.7 Å². The molecule has 0 spiro atoms. The summed E-state index contributed by atoms with van der Waals surface area (Å²) >= 11 is 0. The average molecular weight is 242 g/mol. The van der Waals surface area contributed by atoms with Crippen LogP contribution < -0.4 is 16.4 Å². The van der Waals surface area contributed by atoms with Crippen molar-refractivity contribution in [1.82, 2.24) is 10.6 Å². The van der Waals surface area contributed by atoms with E-state index in [1.165, 1.54) is 12.8 Å². The van der Waals surface area contributed by atoms with E-state index in [2.05, 4.69) is 15.8 Å². The van der Waals surface area contributed by atoms with E-state index in [-0.39, 0.29) is 11.9 Å². The quantitative estimate of drug-likeness (QED) is 0.185. The van der Waals surface area contributed by atoms with E-state index in [9.17, 15) is 4.79 Å². The summed E-state index contributed by atoms with van der Waals surface area (Å²) in [7, 11) is 0. The van der Waals surface area contributed by atoms with Crippen molar-refractivity contribution < 1.29 is 10.0 Å². The number of urea groups is 1. The SMILES string of the molecule is NC(CCCCNC(=O)NC1CCCC1)=NO. The summed E-state index contributed by atoms with van der Waals surface area (Å²) in [6, 6.07) is 0.271. The summed E-state index contributed by atoms with van der Waals surface area (Å²) in [5.41, 5.74) is 5.32. The zero-order valence-corrected chi connectivity index (χ0v) is 10.1. The van der Waals surface area contributed by atoms with Gasteiger partial charge < -0.3 is 21.6 Å². The standard InChI is InChI=1S/C11H22N4O2/c12-10(15-17)7-3-4-8-13-11(16)14-9-5-1-2-6-9/h9,17H,1-8H2,(H2,12,15)(H2,13,14,16). The second-order valence-electron chi connectivity index (χ2n) is 4.43. The van der Waals surface area contributed by atoms with Crippen LogP contribution in [0.3, 0.4) is 0 Å². The topological polar surface area (TPSA) is 99.7 Å². The Bertz CT molecular complexity index is 262. The van der Waals surface area contributed by atoms with Crippen LogP contribution in [0.1, 0.15) is 44.9 Å². The average Bonchev–Trinajstić information content (AvgIpc) is 2.81. The summed E-state index contributed by atoms with van der Waals surface area (Å²) in [4.78, 5) is 11.4. The van der Waals surface area contributed by atoms with Crippen LogP contribution in [-0.4, -0.2) is 29.7 Å². The van der Waals surface area contributed by atoms with Crippen molar-refractivity contribution in [1.29, 1.82) is 0 Å². The highest BCUT2D eigenvalue weighted by Gasteiger charge is 2.16. The number of carbonyl (C=O) groups excluding carboxylic acids is 1. The molecule has 17 heavy (non-hydrogen) atoms. The first-order valence-corrected chi connectivity index (χ1v) is 6.23. The highest BCUT2D eigenvalue weighted by molar-refractivity contribution is 5.79. The van der Waals surface area contributed by atoms with Crippen LogP contribution >= 0.6 is 0 Å². The molecule has 0 bridgehead atoms. The molecule has 0 atom stereocenters. The minimum absolute atomic E-state index is 0.0827. The van der Waals surface area contributed by atoms with Crippen molar-refractivity contribution in [2.75, 3.05) is 6.54 Å². The molecule has 0 aliphatic heterocycles. The number of amides is 2. The third kappa shape index (κ3) is 5.99. The van der Waals surface area contributed by atoms with Crippen molar-refractivity contribution >= 4 is 11.9 Å². The van der Waals surface area contributed by atoms with Crippen LogP contribution in [0.2, 0.25) is 0 Å². The van der Waals surface area contributed by atoms with E-state index in [0.29, 0.717) is 19.0 Å². The van der Waals surface area contributed by atoms with Crippen molar-refractivity contribution in [3.8, 4) is 0 Å². The zero-order chi connectivity index (χ0) is 12.5. The Morgan fingerprint density at radius 2 is 2.06 bits per heavy atom. The molecule has 0 aromatic rings. The van der Waals surface area contributed by atoms with Gasteiger partial charge in [0, 0.05) is 19.0 Å². The molecule has 0 aromatic heterocycles. The highest BCUT2D eigenvalue weighted by atomic mass is 16.4. The monoisotopic (exact) mass is 242 g/mol. The molecule has 2 amide bonds. The molecule has 5 N–H and O–H groups in total. The Balaban J connectivity index is 1.96. The summed E-state index contributed by atoms with van der Waals surface area (Å²) in [5.74, 6) is 0.236. The number of nitrogens with one attached hydrogen (secondary N) is 2. The molecule has 0 unspecified atom stereocenters. The number of nitrogens with two attached hydrogens (primary N) is 1. The molecule has 1 aliphatic carbocycles. The fourth-order valence-electron chi connectivity index (χ4n) is 1.99. The lowest BCUT2D eigenvalue weighted by atomic mass is 10.2. The van der Waals surface area contributed by atoms with Crippen LogP contribution in [0.5, 0.6) is 0 Å². The highest BCUT2D eigenvalue weighted by Crippen LogP contribution is 2.17. The summed E-state index contributed by atoms with van der Waals surface area (Å²) in [5, 5.41) is 17.0. The van der Waals surface area contributed by atoms with Gasteiger partial charge >= 0.3 is 6.03 Å². The minimum atomic E-state index is -0.0827. The fraction of sp³-hybridized carbons (Fsp3) is 0.818. The van der Waals surface area contributed by atoms with Gasteiger partial charge in [-0.1, -0.05) is 18.0 Å². The van der Waals surface area contributed by atoms with E-state index in [1.807, 2.05) is 0 Å². The Morgan fingerprint density at radius 1 is 1.35 bits per heavy atom. The number of nitrogens with zero attached hydrogens (tertiary/aromatic N) is 1. The van der Waals surface area contributed by atoms with Gasteiger partial charge in [0.1, 0.15) is 5.84 Å². The zero-order valence-electron chi connectivity index (χ0n) is 10.1. The number of rotatable bonds is 6. The van der Waals surface area contributed by atoms with Gasteiger partial charge in [-0.2, -0.15) is 0 Å². The first-order chi connectivity index (χ1) is 8.22. The molecule has 1 fully saturated rings. The van der Waals surface area contributed by atoms with Crippen LogP contribution in [0, 0.1) is 0 Å². The van der Waals surface area contributed by atoms with Gasteiger partial charge in [0.15, 0.2) is 0 Å². The summed E-state index contributed by atoms with van der Waals surface area (Å²) in [6.07, 6.45) is 6.81. The number of hydrogen-bond acceptors (Lipinski definition) is 3. The van der Waals surface area contributed by atoms with Gasteiger partial charge in [-0.3, -0.25) is 0 Å². The predicted molar refractivity (Wildman–Crippen MR) is 66.1 cm³/mol. The second kappa shape index (κ2) is 7.76. The third-order valence-corrected chi connectivity index (χ3v) is 2.96. The molecule has 6 heteroatoms. The molecule has 1 rings (SSSR count). The van der Waals surface area contributed by atoms with Crippen LogP contribution in [-0.2, 0) is 0 Å². The van der Waals surface area contributed by atoms with E-state index in [1.54, 1.807) is 0 Å². The molecular formula is C11H22N4O2. The first kappa shape index (κ1) is 13.6. The molecule has 0 aromatic carbocycles. The van der Waals surface area contributed by atoms with Crippen molar-refractivity contribution in [2.45, 2.75) is 51.0 Å². The number of hydrogen-bond donors (Lipinski definition) is 4. The number of unbranched alkanes of at least 4 members (excludes halogenated alkanes) is 1.